The summed E-state index contributed by atoms with van der Waals surface area (Å²) in [5, 5.41) is 0. The van der Waals surface area contributed by atoms with E-state index < -0.39 is 0 Å². The molecule has 0 aromatic heterocycles. The monoisotopic (exact) mass is 207 g/mol. The molecule has 0 radical (unpaired) electrons. The predicted molar refractivity (Wildman–Crippen MR) is 61.4 cm³/mol. The molecule has 3 heteroatoms. The van der Waals surface area contributed by atoms with Crippen LogP contribution in [-0.2, 0) is 9.47 Å². The molecule has 0 unspecified atom stereocenters. The molecule has 0 aliphatic heterocycles. The van der Waals surface area contributed by atoms with Crippen LogP contribution in [0.2, 0.25) is 0 Å². The number of aryl methyl sites for hydroxylation is 1. The lowest BCUT2D eigenvalue weighted by Gasteiger charge is -2.09. The summed E-state index contributed by atoms with van der Waals surface area (Å²) in [6.45, 7) is 2.58. The summed E-state index contributed by atoms with van der Waals surface area (Å²) >= 11 is 0. The number of aliphatic imine (C=N–C) groups is 1. The molecule has 3 nitrogen and oxygen atoms in total. The van der Waals surface area contributed by atoms with Crippen LogP contribution in [0.5, 0.6) is 0 Å². The van der Waals surface area contributed by atoms with Crippen molar-refractivity contribution in [1.29, 1.82) is 0 Å². The number of rotatable bonds is 5. The molecule has 0 saturated heterocycles. The van der Waals surface area contributed by atoms with Gasteiger partial charge >= 0.3 is 0 Å². The summed E-state index contributed by atoms with van der Waals surface area (Å²) in [6.07, 6.45) is 1.57. The van der Waals surface area contributed by atoms with Crippen LogP contribution in [-0.4, -0.2) is 33.3 Å². The molecule has 0 fully saturated rings. The maximum Gasteiger partial charge on any atom is 0.176 e. The molecule has 0 N–H and O–H groups in total. The van der Waals surface area contributed by atoms with Gasteiger partial charge in [-0.3, -0.25) is 4.99 Å². The number of hydrogen-bond donors (Lipinski definition) is 0. The van der Waals surface area contributed by atoms with E-state index >= 15 is 0 Å². The van der Waals surface area contributed by atoms with E-state index in [-0.39, 0.29) is 6.29 Å². The van der Waals surface area contributed by atoms with Gasteiger partial charge < -0.3 is 9.47 Å². The van der Waals surface area contributed by atoms with Gasteiger partial charge in [0.15, 0.2) is 6.29 Å². The number of benzene rings is 1. The van der Waals surface area contributed by atoms with Crippen molar-refractivity contribution < 1.29 is 9.47 Å². The summed E-state index contributed by atoms with van der Waals surface area (Å²) in [4.78, 5) is 4.24. The van der Waals surface area contributed by atoms with E-state index in [1.54, 1.807) is 14.2 Å². The van der Waals surface area contributed by atoms with Gasteiger partial charge in [0.25, 0.3) is 0 Å². The first-order valence-electron chi connectivity index (χ1n) is 4.88. The molecular weight excluding hydrogens is 190 g/mol. The van der Waals surface area contributed by atoms with Gasteiger partial charge in [0.05, 0.1) is 6.54 Å². The van der Waals surface area contributed by atoms with Crippen molar-refractivity contribution in [2.45, 2.75) is 13.2 Å². The Hall–Kier alpha value is -1.19. The second kappa shape index (κ2) is 6.32. The van der Waals surface area contributed by atoms with Gasteiger partial charge in [-0.05, 0) is 12.5 Å². The van der Waals surface area contributed by atoms with Crippen LogP contribution in [0.25, 0.3) is 0 Å². The van der Waals surface area contributed by atoms with Crippen LogP contribution < -0.4 is 0 Å². The van der Waals surface area contributed by atoms with E-state index in [9.17, 15) is 0 Å². The molecule has 0 aliphatic carbocycles. The van der Waals surface area contributed by atoms with Crippen LogP contribution in [0.3, 0.4) is 0 Å². The lowest BCUT2D eigenvalue weighted by Crippen LogP contribution is -2.16. The highest BCUT2D eigenvalue weighted by Gasteiger charge is 2.00. The van der Waals surface area contributed by atoms with Crippen LogP contribution >= 0.6 is 0 Å². The average Bonchev–Trinajstić information content (AvgIpc) is 2.27. The molecule has 82 valence electrons. The summed E-state index contributed by atoms with van der Waals surface area (Å²) in [6, 6.07) is 8.19. The third-order valence-electron chi connectivity index (χ3n) is 2.10. The normalized spacial score (nSPS) is 11.5. The van der Waals surface area contributed by atoms with Crippen molar-refractivity contribution in [3.8, 4) is 0 Å². The molecular formula is C12H17NO2. The Balaban J connectivity index is 2.47. The zero-order chi connectivity index (χ0) is 11.1. The predicted octanol–water partition coefficient (Wildman–Crippen LogP) is 2.03. The fraction of sp³-hybridized carbons (Fsp3) is 0.417. The Morgan fingerprint density at radius 2 is 1.80 bits per heavy atom. The fourth-order valence-electron chi connectivity index (χ4n) is 1.14. The van der Waals surface area contributed by atoms with Crippen molar-refractivity contribution in [1.82, 2.24) is 0 Å². The van der Waals surface area contributed by atoms with Gasteiger partial charge in [-0.2, -0.15) is 0 Å². The number of ether oxygens (including phenoxy) is 2. The standard InChI is InChI=1S/C12H17NO2/c1-10-4-6-11(7-5-10)8-13-9-12(14-2)15-3/h4-8,12H,9H2,1-3H3. The Kier molecular flexibility index (Phi) is 5.01. The van der Waals surface area contributed by atoms with Gasteiger partial charge in [0, 0.05) is 20.4 Å². The Morgan fingerprint density at radius 1 is 1.20 bits per heavy atom. The molecule has 1 aromatic rings. The van der Waals surface area contributed by atoms with Gasteiger partial charge in [-0.1, -0.05) is 29.8 Å². The topological polar surface area (TPSA) is 30.8 Å². The van der Waals surface area contributed by atoms with Crippen molar-refractivity contribution in [2.24, 2.45) is 4.99 Å². The Bertz CT molecular complexity index is 302. The highest BCUT2D eigenvalue weighted by atomic mass is 16.7. The summed E-state index contributed by atoms with van der Waals surface area (Å²) < 4.78 is 10.0. The van der Waals surface area contributed by atoms with E-state index in [4.69, 9.17) is 9.47 Å². The molecule has 0 spiro atoms. The number of methoxy groups -OCH3 is 2. The molecule has 0 amide bonds. The SMILES string of the molecule is COC(CN=Cc1ccc(C)cc1)OC. The van der Waals surface area contributed by atoms with Crippen molar-refractivity contribution >= 4 is 6.21 Å². The number of hydrogen-bond acceptors (Lipinski definition) is 3. The second-order valence-electron chi connectivity index (χ2n) is 3.31. The quantitative estimate of drug-likeness (QED) is 0.546. The highest BCUT2D eigenvalue weighted by Crippen LogP contribution is 2.00. The van der Waals surface area contributed by atoms with E-state index in [1.165, 1.54) is 5.56 Å². The molecule has 0 heterocycles. The highest BCUT2D eigenvalue weighted by molar-refractivity contribution is 5.79. The molecule has 1 aromatic carbocycles. The summed E-state index contributed by atoms with van der Waals surface area (Å²) in [5.74, 6) is 0. The third kappa shape index (κ3) is 4.23. The van der Waals surface area contributed by atoms with E-state index in [2.05, 4.69) is 24.0 Å². The lowest BCUT2D eigenvalue weighted by atomic mass is 10.2. The zero-order valence-corrected chi connectivity index (χ0v) is 9.43. The van der Waals surface area contributed by atoms with Gasteiger partial charge in [0.1, 0.15) is 0 Å². The minimum Gasteiger partial charge on any atom is -0.354 e. The van der Waals surface area contributed by atoms with Crippen LogP contribution in [0.4, 0.5) is 0 Å². The smallest absolute Gasteiger partial charge is 0.176 e. The minimum atomic E-state index is -0.258. The first-order valence-corrected chi connectivity index (χ1v) is 4.88. The van der Waals surface area contributed by atoms with Crippen LogP contribution in [0, 0.1) is 6.92 Å². The molecule has 0 bridgehead atoms. The molecule has 0 aliphatic rings. The zero-order valence-electron chi connectivity index (χ0n) is 9.43. The third-order valence-corrected chi connectivity index (χ3v) is 2.10. The maximum absolute atomic E-state index is 5.02. The van der Waals surface area contributed by atoms with Gasteiger partial charge in [0.2, 0.25) is 0 Å². The minimum absolute atomic E-state index is 0.258. The average molecular weight is 207 g/mol. The molecule has 0 atom stereocenters. The fourth-order valence-corrected chi connectivity index (χ4v) is 1.14. The summed E-state index contributed by atoms with van der Waals surface area (Å²) in [5.41, 5.74) is 2.34. The van der Waals surface area contributed by atoms with Crippen molar-refractivity contribution in [3.63, 3.8) is 0 Å². The number of nitrogens with zero attached hydrogens (tertiary/aromatic N) is 1. The van der Waals surface area contributed by atoms with Crippen LogP contribution in [0.1, 0.15) is 11.1 Å². The van der Waals surface area contributed by atoms with E-state index in [0.29, 0.717) is 6.54 Å². The lowest BCUT2D eigenvalue weighted by molar-refractivity contribution is -0.0936. The van der Waals surface area contributed by atoms with Gasteiger partial charge in [-0.25, -0.2) is 0 Å². The van der Waals surface area contributed by atoms with E-state index in [1.807, 2.05) is 18.3 Å². The molecule has 0 saturated carbocycles. The second-order valence-corrected chi connectivity index (χ2v) is 3.31. The maximum atomic E-state index is 5.02. The Labute approximate surface area is 90.7 Å². The van der Waals surface area contributed by atoms with Crippen LogP contribution in [0.15, 0.2) is 29.3 Å². The largest absolute Gasteiger partial charge is 0.354 e. The van der Waals surface area contributed by atoms with Crippen molar-refractivity contribution in [2.75, 3.05) is 20.8 Å². The molecule has 15 heavy (non-hydrogen) atoms. The summed E-state index contributed by atoms with van der Waals surface area (Å²) in [7, 11) is 3.21. The first-order chi connectivity index (χ1) is 7.26. The van der Waals surface area contributed by atoms with Crippen molar-refractivity contribution in [3.05, 3.63) is 35.4 Å². The van der Waals surface area contributed by atoms with Gasteiger partial charge in [-0.15, -0.1) is 0 Å². The van der Waals surface area contributed by atoms with E-state index in [0.717, 1.165) is 5.56 Å². The first kappa shape index (κ1) is 11.9. The molecule has 1 rings (SSSR count). The Morgan fingerprint density at radius 3 is 2.33 bits per heavy atom.